The smallest absolute Gasteiger partial charge is 0.271 e. The van der Waals surface area contributed by atoms with Gasteiger partial charge in [-0.15, -0.1) is 0 Å². The molecule has 72 valence electrons. The van der Waals surface area contributed by atoms with Crippen LogP contribution in [0.3, 0.4) is 0 Å². The Hall–Kier alpha value is -2.05. The van der Waals surface area contributed by atoms with E-state index in [0.717, 1.165) is 6.20 Å². The largest absolute Gasteiger partial charge is 0.330 e. The lowest BCUT2D eigenvalue weighted by Gasteiger charge is -1.96. The van der Waals surface area contributed by atoms with Gasteiger partial charge in [0.05, 0.1) is 16.5 Å². The van der Waals surface area contributed by atoms with Crippen LogP contribution >= 0.6 is 0 Å². The topological polar surface area (TPSA) is 71.8 Å². The molecular formula is C7H3F2N3O2. The van der Waals surface area contributed by atoms with Crippen molar-refractivity contribution in [3.05, 3.63) is 34.0 Å². The molecule has 1 aromatic heterocycles. The summed E-state index contributed by atoms with van der Waals surface area (Å²) in [6.45, 7) is 0. The number of fused-ring (bicyclic) bond motifs is 1. The van der Waals surface area contributed by atoms with Gasteiger partial charge in [-0.25, -0.2) is 4.39 Å². The predicted octanol–water partition coefficient (Wildman–Crippen LogP) is 1.75. The normalized spacial score (nSPS) is 10.7. The van der Waals surface area contributed by atoms with Crippen LogP contribution in [-0.2, 0) is 0 Å². The number of halogens is 2. The fraction of sp³-hybridized carbons (Fsp3) is 0. The van der Waals surface area contributed by atoms with E-state index in [-0.39, 0.29) is 10.9 Å². The number of hydrogen-bond acceptors (Lipinski definition) is 3. The number of nitro groups is 1. The van der Waals surface area contributed by atoms with E-state index < -0.39 is 22.2 Å². The first-order valence-electron chi connectivity index (χ1n) is 3.56. The number of nitrogens with zero attached hydrogens (tertiary/aromatic N) is 2. The highest BCUT2D eigenvalue weighted by Gasteiger charge is 2.22. The summed E-state index contributed by atoms with van der Waals surface area (Å²) in [5, 5.41) is 15.9. The first-order chi connectivity index (χ1) is 6.61. The maximum atomic E-state index is 13.0. The van der Waals surface area contributed by atoms with Crippen LogP contribution in [0.2, 0.25) is 0 Å². The lowest BCUT2D eigenvalue weighted by Crippen LogP contribution is -1.95. The van der Waals surface area contributed by atoms with E-state index in [4.69, 9.17) is 0 Å². The molecule has 5 nitrogen and oxygen atoms in total. The molecule has 0 amide bonds. The molecule has 2 aromatic rings. The molecule has 0 saturated carbocycles. The predicted molar refractivity (Wildman–Crippen MR) is 42.7 cm³/mol. The van der Waals surface area contributed by atoms with E-state index in [1.54, 1.807) is 0 Å². The number of nitro benzene ring substituents is 1. The van der Waals surface area contributed by atoms with Crippen LogP contribution in [0, 0.1) is 21.7 Å². The maximum Gasteiger partial charge on any atom is 0.330 e. The molecule has 0 aliphatic rings. The Morgan fingerprint density at radius 1 is 1.43 bits per heavy atom. The summed E-state index contributed by atoms with van der Waals surface area (Å²) in [7, 11) is 0. The maximum absolute atomic E-state index is 13.0. The van der Waals surface area contributed by atoms with E-state index in [1.807, 2.05) is 0 Å². The molecule has 0 fully saturated rings. The Morgan fingerprint density at radius 2 is 2.14 bits per heavy atom. The second-order valence-electron chi connectivity index (χ2n) is 2.60. The average Bonchev–Trinajstić information content (AvgIpc) is 2.51. The van der Waals surface area contributed by atoms with E-state index in [0.29, 0.717) is 6.07 Å². The summed E-state index contributed by atoms with van der Waals surface area (Å²) in [6, 6.07) is 0.468. The molecule has 0 aliphatic heterocycles. The van der Waals surface area contributed by atoms with Crippen molar-refractivity contribution in [1.82, 2.24) is 10.2 Å². The molecule has 7 heteroatoms. The van der Waals surface area contributed by atoms with E-state index in [2.05, 4.69) is 10.2 Å². The van der Waals surface area contributed by atoms with Gasteiger partial charge in [-0.3, -0.25) is 15.2 Å². The lowest BCUT2D eigenvalue weighted by atomic mass is 10.2. The summed E-state index contributed by atoms with van der Waals surface area (Å²) < 4.78 is 26.0. The molecule has 0 unspecified atom stereocenters. The zero-order chi connectivity index (χ0) is 10.3. The van der Waals surface area contributed by atoms with Gasteiger partial charge in [0, 0.05) is 6.07 Å². The molecule has 2 rings (SSSR count). The Kier molecular flexibility index (Phi) is 1.66. The molecule has 0 atom stereocenters. The monoisotopic (exact) mass is 199 g/mol. The molecule has 0 saturated heterocycles. The molecular weight excluding hydrogens is 196 g/mol. The van der Waals surface area contributed by atoms with Crippen molar-refractivity contribution in [2.24, 2.45) is 0 Å². The van der Waals surface area contributed by atoms with Crippen LogP contribution in [0.15, 0.2) is 12.3 Å². The average molecular weight is 199 g/mol. The number of nitrogens with one attached hydrogen (secondary N) is 1. The number of aromatic amines is 1. The van der Waals surface area contributed by atoms with E-state index in [9.17, 15) is 18.9 Å². The van der Waals surface area contributed by atoms with E-state index >= 15 is 0 Å². The minimum atomic E-state index is -1.22. The van der Waals surface area contributed by atoms with Crippen LogP contribution in [0.25, 0.3) is 10.9 Å². The van der Waals surface area contributed by atoms with Crippen LogP contribution in [0.4, 0.5) is 14.5 Å². The van der Waals surface area contributed by atoms with Gasteiger partial charge in [0.15, 0.2) is 0 Å². The second-order valence-corrected chi connectivity index (χ2v) is 2.60. The van der Waals surface area contributed by atoms with Gasteiger partial charge in [0.1, 0.15) is 11.3 Å². The third kappa shape index (κ3) is 1.02. The molecule has 1 heterocycles. The number of aromatic nitrogens is 2. The van der Waals surface area contributed by atoms with Crippen molar-refractivity contribution in [3.63, 3.8) is 0 Å². The molecule has 1 aromatic carbocycles. The van der Waals surface area contributed by atoms with Crippen molar-refractivity contribution >= 4 is 16.6 Å². The zero-order valence-corrected chi connectivity index (χ0v) is 6.62. The highest BCUT2D eigenvalue weighted by molar-refractivity contribution is 5.87. The van der Waals surface area contributed by atoms with Gasteiger partial charge in [-0.05, 0) is 0 Å². The molecule has 0 aliphatic carbocycles. The van der Waals surface area contributed by atoms with Crippen LogP contribution in [0.1, 0.15) is 0 Å². The van der Waals surface area contributed by atoms with Crippen molar-refractivity contribution in [3.8, 4) is 0 Å². The minimum absolute atomic E-state index is 0.0990. The van der Waals surface area contributed by atoms with Crippen LogP contribution in [-0.4, -0.2) is 15.1 Å². The summed E-state index contributed by atoms with van der Waals surface area (Å²) >= 11 is 0. The minimum Gasteiger partial charge on any atom is -0.271 e. The number of hydrogen-bond donors (Lipinski definition) is 1. The first-order valence-corrected chi connectivity index (χ1v) is 3.56. The Morgan fingerprint density at radius 3 is 2.79 bits per heavy atom. The van der Waals surface area contributed by atoms with E-state index in [1.165, 1.54) is 0 Å². The second kappa shape index (κ2) is 2.72. The fourth-order valence-electron chi connectivity index (χ4n) is 1.20. The molecule has 0 radical (unpaired) electrons. The van der Waals surface area contributed by atoms with Crippen LogP contribution in [0.5, 0.6) is 0 Å². The molecule has 1 N–H and O–H groups in total. The molecule has 14 heavy (non-hydrogen) atoms. The fourth-order valence-corrected chi connectivity index (χ4v) is 1.20. The number of H-pyrrole nitrogens is 1. The van der Waals surface area contributed by atoms with Gasteiger partial charge in [0.25, 0.3) is 0 Å². The first kappa shape index (κ1) is 8.54. The van der Waals surface area contributed by atoms with Gasteiger partial charge in [-0.2, -0.15) is 9.49 Å². The Labute approximate surface area is 75.5 Å². The lowest BCUT2D eigenvalue weighted by molar-refractivity contribution is -0.385. The molecule has 0 spiro atoms. The quantitative estimate of drug-likeness (QED) is 0.561. The van der Waals surface area contributed by atoms with Crippen molar-refractivity contribution < 1.29 is 13.7 Å². The van der Waals surface area contributed by atoms with Gasteiger partial charge in [0.2, 0.25) is 5.82 Å². The standard InChI is InChI=1S/C7H3F2N3O2/c8-4-1-5(9)7(12(13)14)6-3(4)2-10-11-6/h1-2H,(H,10,11). The zero-order valence-electron chi connectivity index (χ0n) is 6.62. The highest BCUT2D eigenvalue weighted by atomic mass is 19.1. The van der Waals surface area contributed by atoms with Crippen molar-refractivity contribution in [1.29, 1.82) is 0 Å². The summed E-state index contributed by atoms with van der Waals surface area (Å²) in [5.74, 6) is -2.10. The van der Waals surface area contributed by atoms with Gasteiger partial charge < -0.3 is 0 Å². The highest BCUT2D eigenvalue weighted by Crippen LogP contribution is 2.28. The Balaban J connectivity index is 2.93. The Bertz CT molecular complexity index is 523. The third-order valence-electron chi connectivity index (χ3n) is 1.80. The SMILES string of the molecule is O=[N+]([O-])c1c(F)cc(F)c2cn[nH]c12. The van der Waals surface area contributed by atoms with Gasteiger partial charge >= 0.3 is 5.69 Å². The summed E-state index contributed by atoms with van der Waals surface area (Å²) in [4.78, 5) is 9.52. The molecule has 0 bridgehead atoms. The van der Waals surface area contributed by atoms with Gasteiger partial charge in [-0.1, -0.05) is 0 Å². The summed E-state index contributed by atoms with van der Waals surface area (Å²) in [6.07, 6.45) is 1.07. The van der Waals surface area contributed by atoms with Crippen molar-refractivity contribution in [2.45, 2.75) is 0 Å². The van der Waals surface area contributed by atoms with Crippen molar-refractivity contribution in [2.75, 3.05) is 0 Å². The van der Waals surface area contributed by atoms with Crippen LogP contribution < -0.4 is 0 Å². The number of rotatable bonds is 1. The number of benzene rings is 1. The third-order valence-corrected chi connectivity index (χ3v) is 1.80. The summed E-state index contributed by atoms with van der Waals surface area (Å²) in [5.41, 5.74) is -1.04.